The molecule has 0 saturated carbocycles. The predicted molar refractivity (Wildman–Crippen MR) is 188 cm³/mol. The molecule has 0 fully saturated rings. The summed E-state index contributed by atoms with van der Waals surface area (Å²) in [6.07, 6.45) is 5.21. The van der Waals surface area contributed by atoms with E-state index in [1.165, 1.54) is 12.2 Å². The maximum atomic E-state index is 11.6. The molecule has 2 rings (SSSR count). The van der Waals surface area contributed by atoms with Crippen LogP contribution in [0.4, 0.5) is 0 Å². The van der Waals surface area contributed by atoms with E-state index in [0.29, 0.717) is 156 Å². The second-order valence-corrected chi connectivity index (χ2v) is 12.6. The van der Waals surface area contributed by atoms with E-state index in [0.717, 1.165) is 17.9 Å². The Hall–Kier alpha value is -2.42. The van der Waals surface area contributed by atoms with Crippen molar-refractivity contribution in [3.63, 3.8) is 0 Å². The predicted octanol–water partition coefficient (Wildman–Crippen LogP) is 1.32. The van der Waals surface area contributed by atoms with Gasteiger partial charge in [0.2, 0.25) is 0 Å². The monoisotopic (exact) mass is 746 g/mol. The molecule has 0 saturated heterocycles. The van der Waals surface area contributed by atoms with E-state index in [4.69, 9.17) is 52.1 Å². The number of aromatic nitrogens is 3. The lowest BCUT2D eigenvalue weighted by Crippen LogP contribution is -2.29. The Morgan fingerprint density at radius 3 is 1.12 bits per heavy atom. The highest BCUT2D eigenvalue weighted by Gasteiger charge is 2.24. The van der Waals surface area contributed by atoms with Gasteiger partial charge in [-0.2, -0.15) is 0 Å². The van der Waals surface area contributed by atoms with Crippen LogP contribution in [0.15, 0.2) is 18.3 Å². The topological polar surface area (TPSA) is 170 Å². The first kappa shape index (κ1) is 45.7. The quantitative estimate of drug-likeness (QED) is 0.0706. The highest BCUT2D eigenvalue weighted by atomic mass is 16.6. The van der Waals surface area contributed by atoms with Crippen molar-refractivity contribution < 1.29 is 61.7 Å². The van der Waals surface area contributed by atoms with E-state index < -0.39 is 0 Å². The molecule has 0 unspecified atom stereocenters. The molecule has 0 atom stereocenters. The molecular weight excluding hydrogens is 684 g/mol. The van der Waals surface area contributed by atoms with Crippen molar-refractivity contribution in [1.29, 1.82) is 0 Å². The van der Waals surface area contributed by atoms with Gasteiger partial charge in [-0.15, -0.1) is 5.10 Å². The number of hydrogen-bond donors (Lipinski definition) is 0. The van der Waals surface area contributed by atoms with Crippen LogP contribution in [0.3, 0.4) is 0 Å². The van der Waals surface area contributed by atoms with E-state index in [-0.39, 0.29) is 18.4 Å². The minimum atomic E-state index is -0.348. The van der Waals surface area contributed by atoms with Gasteiger partial charge >= 0.3 is 0 Å². The van der Waals surface area contributed by atoms with E-state index in [9.17, 15) is 9.59 Å². The fraction of sp³-hybridized carbons (Fsp3) is 0.829. The first-order chi connectivity index (χ1) is 25.3. The van der Waals surface area contributed by atoms with Crippen LogP contribution in [-0.4, -0.2) is 177 Å². The largest absolute Gasteiger partial charge is 0.379 e. The molecule has 300 valence electrons. The van der Waals surface area contributed by atoms with Gasteiger partial charge in [0.05, 0.1) is 158 Å². The Morgan fingerprint density at radius 1 is 0.481 bits per heavy atom. The molecule has 0 spiro atoms. The number of hydrogen-bond acceptors (Lipinski definition) is 15. The van der Waals surface area contributed by atoms with Gasteiger partial charge in [-0.3, -0.25) is 14.5 Å². The molecule has 0 radical (unpaired) electrons. The lowest BCUT2D eigenvalue weighted by Gasteiger charge is -2.17. The molecule has 0 aliphatic carbocycles. The summed E-state index contributed by atoms with van der Waals surface area (Å²) in [5.41, 5.74) is 0.830. The van der Waals surface area contributed by atoms with Crippen LogP contribution in [0, 0.1) is 5.41 Å². The molecule has 0 bridgehead atoms. The smallest absolute Gasteiger partial charge is 0.253 e. The molecule has 0 N–H and O–H groups in total. The zero-order valence-electron chi connectivity index (χ0n) is 31.5. The average molecular weight is 747 g/mol. The standard InChI is InChI=1S/C35H62N4O13/c1-35(2,3)6-8-42-10-12-44-14-16-46-18-20-48-22-24-50-26-28-52-29-27-51-25-23-49-21-19-47-17-15-45-13-11-43-9-7-38-30-32(36-37-38)31-39-33(40)4-5-34(39)41/h4-5,30H,6-29,31H2,1-3H3. The van der Waals surface area contributed by atoms with E-state index in [1.807, 2.05) is 0 Å². The summed E-state index contributed by atoms with van der Waals surface area (Å²) in [7, 11) is 0. The van der Waals surface area contributed by atoms with Gasteiger partial charge in [0, 0.05) is 18.8 Å². The molecule has 1 aliphatic rings. The summed E-state index contributed by atoms with van der Waals surface area (Å²) < 4.78 is 62.1. The molecule has 17 nitrogen and oxygen atoms in total. The normalized spacial score (nSPS) is 13.3. The van der Waals surface area contributed by atoms with Gasteiger partial charge in [0.15, 0.2) is 0 Å². The lowest BCUT2D eigenvalue weighted by molar-refractivity contribution is -0.137. The zero-order valence-corrected chi connectivity index (χ0v) is 31.5. The van der Waals surface area contributed by atoms with Crippen molar-refractivity contribution in [2.24, 2.45) is 5.41 Å². The molecule has 1 aromatic heterocycles. The second-order valence-electron chi connectivity index (χ2n) is 12.6. The van der Waals surface area contributed by atoms with Crippen molar-refractivity contribution in [2.75, 3.05) is 145 Å². The molecule has 17 heteroatoms. The Labute approximate surface area is 308 Å². The first-order valence-corrected chi connectivity index (χ1v) is 18.1. The van der Waals surface area contributed by atoms with E-state index in [1.54, 1.807) is 10.9 Å². The Morgan fingerprint density at radius 2 is 0.788 bits per heavy atom. The fourth-order valence-electron chi connectivity index (χ4n) is 4.11. The van der Waals surface area contributed by atoms with Crippen LogP contribution in [0.5, 0.6) is 0 Å². The molecule has 52 heavy (non-hydrogen) atoms. The Balaban J connectivity index is 1.17. The summed E-state index contributed by atoms with van der Waals surface area (Å²) in [5, 5.41) is 7.98. The van der Waals surface area contributed by atoms with Crippen molar-refractivity contribution in [3.8, 4) is 0 Å². The zero-order chi connectivity index (χ0) is 37.4. The molecule has 2 amide bonds. The maximum absolute atomic E-state index is 11.6. The van der Waals surface area contributed by atoms with Crippen molar-refractivity contribution in [1.82, 2.24) is 19.9 Å². The number of rotatable bonds is 37. The van der Waals surface area contributed by atoms with Gasteiger partial charge in [0.1, 0.15) is 5.69 Å². The van der Waals surface area contributed by atoms with E-state index >= 15 is 0 Å². The van der Waals surface area contributed by atoms with Crippen molar-refractivity contribution >= 4 is 11.8 Å². The summed E-state index contributed by atoms with van der Waals surface area (Å²) in [5.74, 6) is -0.696. The van der Waals surface area contributed by atoms with Crippen LogP contribution < -0.4 is 0 Å². The van der Waals surface area contributed by atoms with Crippen LogP contribution in [0.1, 0.15) is 32.9 Å². The maximum Gasteiger partial charge on any atom is 0.253 e. The Kier molecular flexibility index (Phi) is 27.2. The third-order valence-electron chi connectivity index (χ3n) is 6.99. The first-order valence-electron chi connectivity index (χ1n) is 18.1. The second kappa shape index (κ2) is 31.0. The minimum Gasteiger partial charge on any atom is -0.379 e. The summed E-state index contributed by atoms with van der Waals surface area (Å²) in [6.45, 7) is 18.4. The fourth-order valence-corrected chi connectivity index (χ4v) is 4.11. The molecule has 1 aromatic rings. The summed E-state index contributed by atoms with van der Waals surface area (Å²) in [6, 6.07) is 0. The SMILES string of the molecule is CC(C)(C)CCOCCOCCOCCOCCOCCOCCOCCOCCOCCOCCOCCn1cc(CN2C(=O)C=CC2=O)nn1. The van der Waals surface area contributed by atoms with Gasteiger partial charge in [-0.05, 0) is 11.8 Å². The van der Waals surface area contributed by atoms with Crippen LogP contribution in [0.25, 0.3) is 0 Å². The van der Waals surface area contributed by atoms with Crippen LogP contribution >= 0.6 is 0 Å². The Bertz CT molecular complexity index is 1040. The number of amides is 2. The highest BCUT2D eigenvalue weighted by Crippen LogP contribution is 2.17. The highest BCUT2D eigenvalue weighted by molar-refractivity contribution is 6.12. The van der Waals surface area contributed by atoms with Crippen molar-refractivity contribution in [3.05, 3.63) is 24.0 Å². The number of imide groups is 1. The van der Waals surface area contributed by atoms with E-state index in [2.05, 4.69) is 31.1 Å². The molecule has 1 aliphatic heterocycles. The number of nitrogens with zero attached hydrogens (tertiary/aromatic N) is 4. The molecule has 2 heterocycles. The third-order valence-corrected chi connectivity index (χ3v) is 6.99. The average Bonchev–Trinajstić information content (AvgIpc) is 3.70. The molecular formula is C35H62N4O13. The van der Waals surface area contributed by atoms with Crippen LogP contribution in [-0.2, 0) is 74.8 Å². The van der Waals surface area contributed by atoms with Gasteiger partial charge in [-0.25, -0.2) is 4.68 Å². The third kappa shape index (κ3) is 26.4. The number of carbonyl (C=O) groups is 2. The van der Waals surface area contributed by atoms with Crippen LogP contribution in [0.2, 0.25) is 0 Å². The number of carbonyl (C=O) groups excluding carboxylic acids is 2. The van der Waals surface area contributed by atoms with Gasteiger partial charge < -0.3 is 52.1 Å². The van der Waals surface area contributed by atoms with Gasteiger partial charge in [-0.1, -0.05) is 26.0 Å². The molecule has 0 aromatic carbocycles. The van der Waals surface area contributed by atoms with Crippen molar-refractivity contribution in [2.45, 2.75) is 40.3 Å². The summed E-state index contributed by atoms with van der Waals surface area (Å²) >= 11 is 0. The summed E-state index contributed by atoms with van der Waals surface area (Å²) in [4.78, 5) is 24.4. The van der Waals surface area contributed by atoms with Gasteiger partial charge in [0.25, 0.3) is 11.8 Å². The lowest BCUT2D eigenvalue weighted by atomic mass is 9.93. The minimum absolute atomic E-state index is 0.0972. The number of ether oxygens (including phenoxy) is 11.